The van der Waals surface area contributed by atoms with Crippen LogP contribution in [0.25, 0.3) is 0 Å². The lowest BCUT2D eigenvalue weighted by atomic mass is 9.86. The second-order valence-electron chi connectivity index (χ2n) is 10.1. The van der Waals surface area contributed by atoms with E-state index in [9.17, 15) is 9.59 Å². The number of allylic oxidation sites excluding steroid dienone is 2. The molecular formula is C31H34N4O5S. The van der Waals surface area contributed by atoms with Crippen LogP contribution in [0.3, 0.4) is 0 Å². The van der Waals surface area contributed by atoms with E-state index in [1.54, 1.807) is 30.2 Å². The van der Waals surface area contributed by atoms with Crippen LogP contribution in [0.4, 0.5) is 5.69 Å². The van der Waals surface area contributed by atoms with Gasteiger partial charge in [0, 0.05) is 29.7 Å². The number of nitrogens with one attached hydrogen (secondary N) is 1. The Morgan fingerprint density at radius 2 is 1.80 bits per heavy atom. The van der Waals surface area contributed by atoms with E-state index in [1.807, 2.05) is 44.2 Å². The molecule has 2 atom stereocenters. The number of aryl methyl sites for hydroxylation is 2. The van der Waals surface area contributed by atoms with Crippen molar-refractivity contribution in [2.24, 2.45) is 5.92 Å². The van der Waals surface area contributed by atoms with Crippen molar-refractivity contribution in [3.05, 3.63) is 77.6 Å². The molecule has 2 heterocycles. The van der Waals surface area contributed by atoms with E-state index in [2.05, 4.69) is 27.4 Å². The van der Waals surface area contributed by atoms with Crippen molar-refractivity contribution in [1.82, 2.24) is 14.9 Å². The molecule has 0 fully saturated rings. The lowest BCUT2D eigenvalue weighted by Gasteiger charge is -2.37. The van der Waals surface area contributed by atoms with E-state index in [4.69, 9.17) is 14.2 Å². The van der Waals surface area contributed by atoms with Crippen molar-refractivity contribution < 1.29 is 23.8 Å². The summed E-state index contributed by atoms with van der Waals surface area (Å²) >= 11 is 1.29. The van der Waals surface area contributed by atoms with Gasteiger partial charge in [0.25, 0.3) is 0 Å². The maximum atomic E-state index is 14.1. The first-order chi connectivity index (χ1) is 19.9. The van der Waals surface area contributed by atoms with E-state index in [1.165, 1.54) is 11.8 Å². The Balaban J connectivity index is 1.44. The zero-order chi connectivity index (χ0) is 28.8. The van der Waals surface area contributed by atoms with Gasteiger partial charge in [0.05, 0.1) is 12.9 Å². The van der Waals surface area contributed by atoms with Gasteiger partial charge in [-0.15, -0.1) is 0 Å². The van der Waals surface area contributed by atoms with Crippen LogP contribution in [0.5, 0.6) is 17.2 Å². The zero-order valence-electron chi connectivity index (χ0n) is 23.5. The Bertz CT molecular complexity index is 1410. The maximum absolute atomic E-state index is 14.1. The minimum Gasteiger partial charge on any atom is -0.497 e. The van der Waals surface area contributed by atoms with Gasteiger partial charge in [-0.25, -0.2) is 9.97 Å². The second-order valence-corrected chi connectivity index (χ2v) is 11.1. The number of benzene rings is 2. The fraction of sp³-hybridized carbons (Fsp3) is 0.355. The Hall–Kier alpha value is -4.05. The molecule has 1 N–H and O–H groups in total. The van der Waals surface area contributed by atoms with E-state index in [0.29, 0.717) is 28.8 Å². The molecule has 0 saturated carbocycles. The van der Waals surface area contributed by atoms with Gasteiger partial charge in [0.1, 0.15) is 11.8 Å². The van der Waals surface area contributed by atoms with Crippen molar-refractivity contribution in [2.75, 3.05) is 25.0 Å². The van der Waals surface area contributed by atoms with Gasteiger partial charge in [0.2, 0.25) is 18.6 Å². The van der Waals surface area contributed by atoms with Crippen LogP contribution in [-0.4, -0.2) is 52.4 Å². The Morgan fingerprint density at radius 1 is 1.05 bits per heavy atom. The molecule has 10 heteroatoms. The molecule has 5 rings (SSSR count). The number of nitrogens with zero attached hydrogens (tertiary/aromatic N) is 3. The quantitative estimate of drug-likeness (QED) is 0.197. The fourth-order valence-electron chi connectivity index (χ4n) is 5.14. The molecule has 1 aromatic heterocycles. The number of methoxy groups -OCH3 is 1. The van der Waals surface area contributed by atoms with Crippen LogP contribution >= 0.6 is 11.8 Å². The highest BCUT2D eigenvalue weighted by atomic mass is 32.2. The molecule has 0 saturated heterocycles. The normalized spacial score (nSPS) is 16.2. The number of hydrogen-bond donors (Lipinski definition) is 1. The number of thioether (sulfide) groups is 1. The standard InChI is InChI=1S/C31H34N4O5S/c1-20-15-21(2)33-31(32-20)41-18-28(36)35(17-22-9-12-25(38-3)13-10-22)29(23-7-5-4-6-8-23)30(37)34-24-11-14-26-27(16-24)40-19-39-26/h4-5,9-16,23,29H,6-8,17-19H2,1-3H3,(H,34,37)/t23-,29+/m0/s1. The largest absolute Gasteiger partial charge is 0.497 e. The van der Waals surface area contributed by atoms with Crippen LogP contribution in [0, 0.1) is 19.8 Å². The third-order valence-electron chi connectivity index (χ3n) is 7.12. The minimum absolute atomic E-state index is 0.0429. The third-order valence-corrected chi connectivity index (χ3v) is 7.95. The summed E-state index contributed by atoms with van der Waals surface area (Å²) in [5.74, 6) is 1.61. The highest BCUT2D eigenvalue weighted by molar-refractivity contribution is 7.99. The molecule has 0 unspecified atom stereocenters. The van der Waals surface area contributed by atoms with E-state index in [-0.39, 0.29) is 36.8 Å². The fourth-order valence-corrected chi connectivity index (χ4v) is 5.98. The molecule has 1 aliphatic heterocycles. The second kappa shape index (κ2) is 13.1. The molecule has 0 radical (unpaired) electrons. The summed E-state index contributed by atoms with van der Waals surface area (Å²) in [5.41, 5.74) is 3.18. The van der Waals surface area contributed by atoms with Gasteiger partial charge in [-0.2, -0.15) is 0 Å². The predicted molar refractivity (Wildman–Crippen MR) is 157 cm³/mol. The van der Waals surface area contributed by atoms with Crippen molar-refractivity contribution in [1.29, 1.82) is 0 Å². The molecule has 41 heavy (non-hydrogen) atoms. The van der Waals surface area contributed by atoms with Crippen molar-refractivity contribution >= 4 is 29.3 Å². The zero-order valence-corrected chi connectivity index (χ0v) is 24.3. The summed E-state index contributed by atoms with van der Waals surface area (Å²) in [5, 5.41) is 3.60. The van der Waals surface area contributed by atoms with E-state index >= 15 is 0 Å². The molecular weight excluding hydrogens is 540 g/mol. The lowest BCUT2D eigenvalue weighted by molar-refractivity contribution is -0.139. The van der Waals surface area contributed by atoms with E-state index in [0.717, 1.165) is 35.5 Å². The van der Waals surface area contributed by atoms with Gasteiger partial charge < -0.3 is 24.4 Å². The first-order valence-electron chi connectivity index (χ1n) is 13.6. The first kappa shape index (κ1) is 28.5. The summed E-state index contributed by atoms with van der Waals surface area (Å²) in [6.45, 7) is 4.24. The van der Waals surface area contributed by atoms with Gasteiger partial charge in [-0.3, -0.25) is 9.59 Å². The maximum Gasteiger partial charge on any atom is 0.247 e. The Morgan fingerprint density at radius 3 is 2.51 bits per heavy atom. The summed E-state index contributed by atoms with van der Waals surface area (Å²) in [6, 6.07) is 14.1. The highest BCUT2D eigenvalue weighted by Gasteiger charge is 2.37. The molecule has 9 nitrogen and oxygen atoms in total. The Labute approximate surface area is 244 Å². The van der Waals surface area contributed by atoms with Crippen molar-refractivity contribution in [2.45, 2.75) is 50.9 Å². The molecule has 0 bridgehead atoms. The number of hydrogen-bond acceptors (Lipinski definition) is 8. The average Bonchev–Trinajstić information content (AvgIpc) is 3.44. The number of ether oxygens (including phenoxy) is 3. The van der Waals surface area contributed by atoms with Crippen molar-refractivity contribution in [3.63, 3.8) is 0 Å². The number of amides is 2. The predicted octanol–water partition coefficient (Wildman–Crippen LogP) is 5.32. The molecule has 1 aliphatic carbocycles. The summed E-state index contributed by atoms with van der Waals surface area (Å²) in [4.78, 5) is 38.7. The number of carbonyl (C=O) groups is 2. The smallest absolute Gasteiger partial charge is 0.247 e. The van der Waals surface area contributed by atoms with Crippen LogP contribution in [0.1, 0.15) is 36.2 Å². The lowest BCUT2D eigenvalue weighted by Crippen LogP contribution is -2.51. The molecule has 2 amide bonds. The van der Waals surface area contributed by atoms with Crippen LogP contribution in [-0.2, 0) is 16.1 Å². The van der Waals surface area contributed by atoms with Crippen LogP contribution in [0.15, 0.2) is 65.8 Å². The summed E-state index contributed by atoms with van der Waals surface area (Å²) in [7, 11) is 1.62. The third kappa shape index (κ3) is 7.18. The molecule has 214 valence electrons. The average molecular weight is 575 g/mol. The molecule has 0 spiro atoms. The molecule has 2 aliphatic rings. The van der Waals surface area contributed by atoms with Gasteiger partial charge in [-0.05, 0) is 74.9 Å². The number of aromatic nitrogens is 2. The number of anilines is 1. The number of rotatable bonds is 10. The van der Waals surface area contributed by atoms with Gasteiger partial charge in [-0.1, -0.05) is 36.0 Å². The van der Waals surface area contributed by atoms with Crippen LogP contribution < -0.4 is 19.5 Å². The molecule has 2 aromatic carbocycles. The SMILES string of the molecule is COc1ccc(CN(C(=O)CSc2nc(C)cc(C)n2)[C@@H](C(=O)Nc2ccc3c(c2)OCO3)[C@H]2CC=CCC2)cc1. The number of fused-ring (bicyclic) bond motifs is 1. The first-order valence-corrected chi connectivity index (χ1v) is 14.6. The summed E-state index contributed by atoms with van der Waals surface area (Å²) < 4.78 is 16.2. The van der Waals surface area contributed by atoms with Crippen molar-refractivity contribution in [3.8, 4) is 17.2 Å². The topological polar surface area (TPSA) is 103 Å². The molecule has 3 aromatic rings. The summed E-state index contributed by atoms with van der Waals surface area (Å²) in [6.07, 6.45) is 6.60. The van der Waals surface area contributed by atoms with Crippen LogP contribution in [0.2, 0.25) is 0 Å². The highest BCUT2D eigenvalue weighted by Crippen LogP contribution is 2.35. The minimum atomic E-state index is -0.694. The monoisotopic (exact) mass is 574 g/mol. The number of carbonyl (C=O) groups excluding carboxylic acids is 2. The van der Waals surface area contributed by atoms with E-state index < -0.39 is 6.04 Å². The van der Waals surface area contributed by atoms with Gasteiger partial charge in [0.15, 0.2) is 16.7 Å². The Kier molecular flexibility index (Phi) is 9.08. The van der Waals surface area contributed by atoms with Gasteiger partial charge >= 0.3 is 0 Å².